The van der Waals surface area contributed by atoms with Crippen molar-refractivity contribution >= 4 is 35.6 Å². The number of halogens is 2. The number of aryl methyl sites for hydroxylation is 1. The third kappa shape index (κ3) is 5.32. The molecule has 1 aliphatic heterocycles. The summed E-state index contributed by atoms with van der Waals surface area (Å²) in [6.07, 6.45) is 3.61. The fraction of sp³-hybridized carbons (Fsp3) is 0.368. The summed E-state index contributed by atoms with van der Waals surface area (Å²) in [6, 6.07) is 7.63. The monoisotopic (exact) mass is 410 g/mol. The van der Waals surface area contributed by atoms with Crippen LogP contribution in [0.3, 0.4) is 0 Å². The van der Waals surface area contributed by atoms with Crippen molar-refractivity contribution in [1.29, 1.82) is 0 Å². The molecule has 0 bridgehead atoms. The Morgan fingerprint density at radius 1 is 1.48 bits per heavy atom. The molecular formula is C19H24Cl2N4O2. The van der Waals surface area contributed by atoms with Crippen LogP contribution >= 0.6 is 24.0 Å². The van der Waals surface area contributed by atoms with E-state index in [9.17, 15) is 4.79 Å². The number of hydrogen-bond donors (Lipinski definition) is 2. The first-order valence-corrected chi connectivity index (χ1v) is 8.95. The van der Waals surface area contributed by atoms with Gasteiger partial charge >= 0.3 is 0 Å². The lowest BCUT2D eigenvalue weighted by molar-refractivity contribution is -0.118. The zero-order valence-electron chi connectivity index (χ0n) is 15.4. The van der Waals surface area contributed by atoms with Crippen LogP contribution in [0.25, 0.3) is 0 Å². The number of anilines is 1. The van der Waals surface area contributed by atoms with E-state index in [-0.39, 0.29) is 24.4 Å². The summed E-state index contributed by atoms with van der Waals surface area (Å²) in [4.78, 5) is 19.0. The second-order valence-corrected chi connectivity index (χ2v) is 6.73. The van der Waals surface area contributed by atoms with Gasteiger partial charge in [-0.25, -0.2) is 0 Å². The van der Waals surface area contributed by atoms with Gasteiger partial charge in [-0.05, 0) is 30.2 Å². The highest BCUT2D eigenvalue weighted by molar-refractivity contribution is 6.31. The highest BCUT2D eigenvalue weighted by Gasteiger charge is 2.26. The number of benzene rings is 1. The molecule has 3 rings (SSSR count). The molecule has 0 radical (unpaired) electrons. The molecule has 6 nitrogen and oxygen atoms in total. The molecular weight excluding hydrogens is 387 g/mol. The standard InChI is InChI=1S/C19H23ClN4O2.ClH/c1-13-8-16(18(26-2)9-15(13)20)23-19(25)12-24-7-6-22-11-17(24)14-4-3-5-21-10-14;/h3-5,8-10,17,22H,6-7,11-12H2,1-2H3,(H,23,25);1H. The van der Waals surface area contributed by atoms with Gasteiger partial charge in [0.25, 0.3) is 0 Å². The molecule has 1 amide bonds. The predicted molar refractivity (Wildman–Crippen MR) is 110 cm³/mol. The molecule has 2 aromatic rings. The van der Waals surface area contributed by atoms with Crippen molar-refractivity contribution in [2.75, 3.05) is 38.6 Å². The van der Waals surface area contributed by atoms with Crippen molar-refractivity contribution in [1.82, 2.24) is 15.2 Å². The quantitative estimate of drug-likeness (QED) is 0.792. The van der Waals surface area contributed by atoms with Gasteiger partial charge in [0, 0.05) is 49.2 Å². The van der Waals surface area contributed by atoms with Crippen molar-refractivity contribution in [2.45, 2.75) is 13.0 Å². The molecule has 8 heteroatoms. The average molecular weight is 411 g/mol. The Labute approximate surface area is 170 Å². The maximum absolute atomic E-state index is 12.6. The summed E-state index contributed by atoms with van der Waals surface area (Å²) in [7, 11) is 1.56. The number of hydrogen-bond acceptors (Lipinski definition) is 5. The van der Waals surface area contributed by atoms with Crippen LogP contribution in [0.1, 0.15) is 17.2 Å². The SMILES string of the molecule is COc1cc(Cl)c(C)cc1NC(=O)CN1CCNCC1c1cccnc1.Cl. The van der Waals surface area contributed by atoms with Crippen LogP contribution in [0.2, 0.25) is 5.02 Å². The average Bonchev–Trinajstić information content (AvgIpc) is 2.65. The molecule has 0 spiro atoms. The number of carbonyl (C=O) groups excluding carboxylic acids is 1. The number of ether oxygens (including phenoxy) is 1. The zero-order chi connectivity index (χ0) is 18.5. The van der Waals surface area contributed by atoms with Crippen LogP contribution in [-0.4, -0.2) is 49.1 Å². The number of methoxy groups -OCH3 is 1. The number of aromatic nitrogens is 1. The third-order valence-electron chi connectivity index (χ3n) is 4.52. The largest absolute Gasteiger partial charge is 0.495 e. The molecule has 1 aromatic heterocycles. The second-order valence-electron chi connectivity index (χ2n) is 6.33. The van der Waals surface area contributed by atoms with E-state index >= 15 is 0 Å². The molecule has 146 valence electrons. The highest BCUT2D eigenvalue weighted by atomic mass is 35.5. The molecule has 0 saturated carbocycles. The van der Waals surface area contributed by atoms with E-state index in [0.29, 0.717) is 23.0 Å². The molecule has 1 atom stereocenters. The van der Waals surface area contributed by atoms with E-state index in [0.717, 1.165) is 30.8 Å². The van der Waals surface area contributed by atoms with E-state index in [2.05, 4.69) is 20.5 Å². The number of pyridine rings is 1. The van der Waals surface area contributed by atoms with Gasteiger partial charge in [-0.3, -0.25) is 14.7 Å². The molecule has 1 unspecified atom stereocenters. The fourth-order valence-corrected chi connectivity index (χ4v) is 3.30. The predicted octanol–water partition coefficient (Wildman–Crippen LogP) is 3.06. The fourth-order valence-electron chi connectivity index (χ4n) is 3.14. The number of nitrogens with one attached hydrogen (secondary N) is 2. The van der Waals surface area contributed by atoms with Crippen molar-refractivity contribution in [3.63, 3.8) is 0 Å². The van der Waals surface area contributed by atoms with Gasteiger partial charge in [0.15, 0.2) is 0 Å². The summed E-state index contributed by atoms with van der Waals surface area (Å²) in [5.74, 6) is 0.471. The lowest BCUT2D eigenvalue weighted by Gasteiger charge is -2.35. The van der Waals surface area contributed by atoms with Crippen molar-refractivity contribution in [3.05, 3.63) is 52.8 Å². The van der Waals surface area contributed by atoms with Gasteiger partial charge in [-0.2, -0.15) is 0 Å². The van der Waals surface area contributed by atoms with E-state index < -0.39 is 0 Å². The summed E-state index contributed by atoms with van der Waals surface area (Å²) < 4.78 is 5.33. The zero-order valence-corrected chi connectivity index (χ0v) is 16.9. The Hall–Kier alpha value is -1.86. The summed E-state index contributed by atoms with van der Waals surface area (Å²) >= 11 is 6.13. The minimum absolute atomic E-state index is 0. The molecule has 1 saturated heterocycles. The number of rotatable bonds is 5. The van der Waals surface area contributed by atoms with Crippen molar-refractivity contribution < 1.29 is 9.53 Å². The van der Waals surface area contributed by atoms with E-state index in [1.54, 1.807) is 19.4 Å². The second kappa shape index (κ2) is 9.90. The molecule has 1 aromatic carbocycles. The van der Waals surface area contributed by atoms with Crippen LogP contribution in [0.15, 0.2) is 36.7 Å². The van der Waals surface area contributed by atoms with Gasteiger partial charge in [-0.15, -0.1) is 12.4 Å². The van der Waals surface area contributed by atoms with E-state index in [4.69, 9.17) is 16.3 Å². The Kier molecular flexibility index (Phi) is 7.86. The Morgan fingerprint density at radius 3 is 3.00 bits per heavy atom. The third-order valence-corrected chi connectivity index (χ3v) is 4.93. The molecule has 2 heterocycles. The topological polar surface area (TPSA) is 66.5 Å². The van der Waals surface area contributed by atoms with Crippen molar-refractivity contribution in [3.8, 4) is 5.75 Å². The van der Waals surface area contributed by atoms with Crippen LogP contribution in [-0.2, 0) is 4.79 Å². The van der Waals surface area contributed by atoms with Gasteiger partial charge in [0.2, 0.25) is 5.91 Å². The normalized spacial score (nSPS) is 17.1. The molecule has 1 aliphatic rings. The maximum atomic E-state index is 12.6. The lowest BCUT2D eigenvalue weighted by Crippen LogP contribution is -2.48. The summed E-state index contributed by atoms with van der Waals surface area (Å²) in [5, 5.41) is 6.94. The van der Waals surface area contributed by atoms with Crippen LogP contribution in [0.4, 0.5) is 5.69 Å². The molecule has 0 aliphatic carbocycles. The Bertz CT molecular complexity index is 774. The number of carbonyl (C=O) groups is 1. The minimum Gasteiger partial charge on any atom is -0.495 e. The van der Waals surface area contributed by atoms with Gasteiger partial charge in [-0.1, -0.05) is 17.7 Å². The first-order chi connectivity index (χ1) is 12.6. The highest BCUT2D eigenvalue weighted by Crippen LogP contribution is 2.31. The van der Waals surface area contributed by atoms with Gasteiger partial charge in [0.05, 0.1) is 19.3 Å². The van der Waals surface area contributed by atoms with Crippen LogP contribution in [0, 0.1) is 6.92 Å². The molecule has 1 fully saturated rings. The first-order valence-electron chi connectivity index (χ1n) is 8.57. The first kappa shape index (κ1) is 21.4. The minimum atomic E-state index is -0.0826. The Morgan fingerprint density at radius 2 is 2.30 bits per heavy atom. The molecule has 27 heavy (non-hydrogen) atoms. The number of nitrogens with zero attached hydrogens (tertiary/aromatic N) is 2. The van der Waals surface area contributed by atoms with E-state index in [1.807, 2.05) is 31.3 Å². The molecule has 2 N–H and O–H groups in total. The number of piperazine rings is 1. The van der Waals surface area contributed by atoms with Crippen LogP contribution < -0.4 is 15.4 Å². The van der Waals surface area contributed by atoms with Gasteiger partial charge in [0.1, 0.15) is 5.75 Å². The Balaban J connectivity index is 0.00000261. The maximum Gasteiger partial charge on any atom is 0.238 e. The lowest BCUT2D eigenvalue weighted by atomic mass is 10.1. The number of amides is 1. The summed E-state index contributed by atoms with van der Waals surface area (Å²) in [6.45, 7) is 4.64. The summed E-state index contributed by atoms with van der Waals surface area (Å²) in [5.41, 5.74) is 2.62. The van der Waals surface area contributed by atoms with Crippen LogP contribution in [0.5, 0.6) is 5.75 Å². The smallest absolute Gasteiger partial charge is 0.238 e. The van der Waals surface area contributed by atoms with Gasteiger partial charge < -0.3 is 15.4 Å². The van der Waals surface area contributed by atoms with Crippen molar-refractivity contribution in [2.24, 2.45) is 0 Å². The van der Waals surface area contributed by atoms with E-state index in [1.165, 1.54) is 0 Å².